The van der Waals surface area contributed by atoms with Gasteiger partial charge in [0.15, 0.2) is 0 Å². The number of nitrogens with one attached hydrogen (secondary N) is 1. The van der Waals surface area contributed by atoms with Crippen LogP contribution in [0.25, 0.3) is 0 Å². The number of likely N-dealkylation sites (tertiary alicyclic amines) is 1. The summed E-state index contributed by atoms with van der Waals surface area (Å²) >= 11 is 0. The Kier molecular flexibility index (Phi) is 5.30. The van der Waals surface area contributed by atoms with E-state index in [2.05, 4.69) is 24.2 Å². The fourth-order valence-electron chi connectivity index (χ4n) is 3.44. The predicted octanol–water partition coefficient (Wildman–Crippen LogP) is 2.74. The molecule has 2 heteroatoms. The molecule has 2 atom stereocenters. The monoisotopic (exact) mass is 238 g/mol. The van der Waals surface area contributed by atoms with E-state index in [0.717, 1.165) is 17.8 Å². The van der Waals surface area contributed by atoms with Gasteiger partial charge in [-0.2, -0.15) is 0 Å². The normalized spacial score (nSPS) is 32.8. The summed E-state index contributed by atoms with van der Waals surface area (Å²) in [7, 11) is 2.24. The molecule has 1 saturated carbocycles. The van der Waals surface area contributed by atoms with E-state index < -0.39 is 0 Å². The molecule has 0 aromatic rings. The molecule has 2 fully saturated rings. The molecule has 0 radical (unpaired) electrons. The topological polar surface area (TPSA) is 15.3 Å². The maximum atomic E-state index is 3.75. The van der Waals surface area contributed by atoms with Gasteiger partial charge < -0.3 is 10.2 Å². The molecule has 0 amide bonds. The van der Waals surface area contributed by atoms with Crippen LogP contribution in [0.1, 0.15) is 45.4 Å². The highest BCUT2D eigenvalue weighted by Gasteiger charge is 2.21. The van der Waals surface area contributed by atoms with Crippen molar-refractivity contribution in [2.24, 2.45) is 17.8 Å². The van der Waals surface area contributed by atoms with Crippen LogP contribution in [0, 0.1) is 17.8 Å². The van der Waals surface area contributed by atoms with Crippen molar-refractivity contribution in [2.45, 2.75) is 45.4 Å². The van der Waals surface area contributed by atoms with E-state index in [9.17, 15) is 0 Å². The second kappa shape index (κ2) is 6.75. The molecule has 2 aliphatic rings. The first-order chi connectivity index (χ1) is 8.25. The largest absolute Gasteiger partial charge is 0.316 e. The lowest BCUT2D eigenvalue weighted by atomic mass is 9.80. The van der Waals surface area contributed by atoms with E-state index in [-0.39, 0.29) is 0 Å². The summed E-state index contributed by atoms with van der Waals surface area (Å²) < 4.78 is 0. The van der Waals surface area contributed by atoms with Gasteiger partial charge in [-0.3, -0.25) is 0 Å². The molecule has 0 aromatic heterocycles. The third-order valence-corrected chi connectivity index (χ3v) is 4.97. The molecular weight excluding hydrogens is 208 g/mol. The highest BCUT2D eigenvalue weighted by molar-refractivity contribution is 4.76. The Labute approximate surface area is 107 Å². The predicted molar refractivity (Wildman–Crippen MR) is 74.2 cm³/mol. The van der Waals surface area contributed by atoms with Crippen LogP contribution in [0.4, 0.5) is 0 Å². The van der Waals surface area contributed by atoms with Crippen LogP contribution >= 0.6 is 0 Å². The molecule has 1 N–H and O–H groups in total. The van der Waals surface area contributed by atoms with E-state index in [1.807, 2.05) is 0 Å². The van der Waals surface area contributed by atoms with Crippen LogP contribution in [-0.2, 0) is 0 Å². The molecule has 1 aliphatic heterocycles. The quantitative estimate of drug-likeness (QED) is 0.810. The zero-order valence-corrected chi connectivity index (χ0v) is 11.8. The van der Waals surface area contributed by atoms with Crippen LogP contribution in [0.5, 0.6) is 0 Å². The minimum atomic E-state index is 0.935. The number of rotatable bonds is 4. The minimum Gasteiger partial charge on any atom is -0.316 e. The number of hydrogen-bond acceptors (Lipinski definition) is 2. The first-order valence-corrected chi connectivity index (χ1v) is 7.65. The van der Waals surface area contributed by atoms with Gasteiger partial charge in [0, 0.05) is 0 Å². The van der Waals surface area contributed by atoms with Crippen molar-refractivity contribution < 1.29 is 0 Å². The first kappa shape index (κ1) is 13.4. The van der Waals surface area contributed by atoms with Gasteiger partial charge in [-0.15, -0.1) is 0 Å². The van der Waals surface area contributed by atoms with Crippen LogP contribution < -0.4 is 5.32 Å². The van der Waals surface area contributed by atoms with Crippen molar-refractivity contribution >= 4 is 0 Å². The van der Waals surface area contributed by atoms with Crippen molar-refractivity contribution in [3.05, 3.63) is 0 Å². The Bertz CT molecular complexity index is 209. The fraction of sp³-hybridized carbons (Fsp3) is 1.00. The average molecular weight is 238 g/mol. The maximum absolute atomic E-state index is 3.75. The van der Waals surface area contributed by atoms with Gasteiger partial charge in [-0.25, -0.2) is 0 Å². The highest BCUT2D eigenvalue weighted by atomic mass is 15.1. The second-order valence-electron chi connectivity index (χ2n) is 6.43. The lowest BCUT2D eigenvalue weighted by molar-refractivity contribution is 0.204. The Hall–Kier alpha value is -0.0800. The summed E-state index contributed by atoms with van der Waals surface area (Å²) in [5, 5.41) is 3.75. The van der Waals surface area contributed by atoms with Gasteiger partial charge in [-0.1, -0.05) is 26.2 Å². The SMILES string of the molecule is CC1CCCCC1CNCC1CCN(C)CC1. The molecule has 17 heavy (non-hydrogen) atoms. The molecule has 1 aliphatic carbocycles. The summed E-state index contributed by atoms with van der Waals surface area (Å²) in [6.45, 7) is 7.57. The van der Waals surface area contributed by atoms with E-state index in [4.69, 9.17) is 0 Å². The summed E-state index contributed by atoms with van der Waals surface area (Å²) in [6.07, 6.45) is 8.63. The molecule has 0 bridgehead atoms. The van der Waals surface area contributed by atoms with E-state index >= 15 is 0 Å². The van der Waals surface area contributed by atoms with Crippen LogP contribution in [0.15, 0.2) is 0 Å². The summed E-state index contributed by atoms with van der Waals surface area (Å²) in [6, 6.07) is 0. The van der Waals surface area contributed by atoms with E-state index in [0.29, 0.717) is 0 Å². The van der Waals surface area contributed by atoms with Crippen LogP contribution in [0.3, 0.4) is 0 Å². The summed E-state index contributed by atoms with van der Waals surface area (Å²) in [5.41, 5.74) is 0. The van der Waals surface area contributed by atoms with Crippen molar-refractivity contribution in [3.63, 3.8) is 0 Å². The molecule has 2 nitrogen and oxygen atoms in total. The smallest absolute Gasteiger partial charge is 0.00179 e. The first-order valence-electron chi connectivity index (χ1n) is 7.65. The Balaban J connectivity index is 1.59. The third-order valence-electron chi connectivity index (χ3n) is 4.97. The highest BCUT2D eigenvalue weighted by Crippen LogP contribution is 2.28. The van der Waals surface area contributed by atoms with Crippen molar-refractivity contribution in [1.29, 1.82) is 0 Å². The molecule has 2 rings (SSSR count). The van der Waals surface area contributed by atoms with E-state index in [1.54, 1.807) is 0 Å². The number of piperidine rings is 1. The average Bonchev–Trinajstić information content (AvgIpc) is 2.34. The Morgan fingerprint density at radius 1 is 1.00 bits per heavy atom. The van der Waals surface area contributed by atoms with Crippen molar-refractivity contribution in [2.75, 3.05) is 33.2 Å². The lowest BCUT2D eigenvalue weighted by Gasteiger charge is -2.31. The zero-order valence-electron chi connectivity index (χ0n) is 11.8. The minimum absolute atomic E-state index is 0.935. The molecule has 2 unspecified atom stereocenters. The van der Waals surface area contributed by atoms with Crippen molar-refractivity contribution in [1.82, 2.24) is 10.2 Å². The van der Waals surface area contributed by atoms with E-state index in [1.165, 1.54) is 64.7 Å². The third kappa shape index (κ3) is 4.26. The maximum Gasteiger partial charge on any atom is -0.00179 e. The van der Waals surface area contributed by atoms with Gasteiger partial charge >= 0.3 is 0 Å². The molecule has 1 heterocycles. The molecule has 0 spiro atoms. The zero-order chi connectivity index (χ0) is 12.1. The van der Waals surface area contributed by atoms with Gasteiger partial charge in [0.2, 0.25) is 0 Å². The number of nitrogens with zero attached hydrogens (tertiary/aromatic N) is 1. The second-order valence-corrected chi connectivity index (χ2v) is 6.43. The Morgan fingerprint density at radius 2 is 1.71 bits per heavy atom. The molecule has 1 saturated heterocycles. The number of hydrogen-bond donors (Lipinski definition) is 1. The van der Waals surface area contributed by atoms with Crippen LogP contribution in [0.2, 0.25) is 0 Å². The lowest BCUT2D eigenvalue weighted by Crippen LogP contribution is -2.37. The van der Waals surface area contributed by atoms with Gasteiger partial charge in [-0.05, 0) is 70.2 Å². The van der Waals surface area contributed by atoms with Gasteiger partial charge in [0.25, 0.3) is 0 Å². The van der Waals surface area contributed by atoms with Gasteiger partial charge in [0.05, 0.1) is 0 Å². The summed E-state index contributed by atoms with van der Waals surface area (Å²) in [5.74, 6) is 2.84. The molecular formula is C15H30N2. The van der Waals surface area contributed by atoms with Crippen molar-refractivity contribution in [3.8, 4) is 0 Å². The van der Waals surface area contributed by atoms with Gasteiger partial charge in [0.1, 0.15) is 0 Å². The summed E-state index contributed by atoms with van der Waals surface area (Å²) in [4.78, 5) is 2.46. The molecule has 100 valence electrons. The Morgan fingerprint density at radius 3 is 2.41 bits per heavy atom. The molecule has 0 aromatic carbocycles. The standard InChI is InChI=1S/C15H30N2/c1-13-5-3-4-6-15(13)12-16-11-14-7-9-17(2)10-8-14/h13-16H,3-12H2,1-2H3. The fourth-order valence-corrected chi connectivity index (χ4v) is 3.44. The van der Waals surface area contributed by atoms with Crippen LogP contribution in [-0.4, -0.2) is 38.1 Å².